The van der Waals surface area contributed by atoms with Crippen LogP contribution in [0.25, 0.3) is 0 Å². The van der Waals surface area contributed by atoms with Gasteiger partial charge in [0.15, 0.2) is 5.96 Å². The molecule has 2 N–H and O–H groups in total. The Morgan fingerprint density at radius 2 is 2.00 bits per heavy atom. The van der Waals surface area contributed by atoms with Crippen LogP contribution in [-0.2, 0) is 6.42 Å². The van der Waals surface area contributed by atoms with Crippen molar-refractivity contribution in [2.24, 2.45) is 4.99 Å². The molecule has 0 aliphatic carbocycles. The largest absolute Gasteiger partial charge is 0.361 e. The first-order valence-electron chi connectivity index (χ1n) is 7.55. The van der Waals surface area contributed by atoms with Gasteiger partial charge in [-0.1, -0.05) is 35.5 Å². The van der Waals surface area contributed by atoms with Crippen LogP contribution in [0.1, 0.15) is 35.5 Å². The Balaban J connectivity index is 1.85. The molecule has 0 bridgehead atoms. The number of aliphatic imine (C=N–C) groups is 1. The second-order valence-electron chi connectivity index (χ2n) is 5.33. The van der Waals surface area contributed by atoms with Crippen LogP contribution in [0, 0.1) is 13.8 Å². The van der Waals surface area contributed by atoms with E-state index in [1.54, 1.807) is 7.05 Å². The SMILES string of the molecule is CN=C(NCCc1c(C)noc1C)NC(C)c1ccccc1. The summed E-state index contributed by atoms with van der Waals surface area (Å²) in [6, 6.07) is 10.5. The van der Waals surface area contributed by atoms with Gasteiger partial charge in [0.25, 0.3) is 0 Å². The highest BCUT2D eigenvalue weighted by Gasteiger charge is 2.10. The summed E-state index contributed by atoms with van der Waals surface area (Å²) in [6.45, 7) is 6.82. The molecule has 118 valence electrons. The fraction of sp³-hybridized carbons (Fsp3) is 0.412. The zero-order valence-electron chi connectivity index (χ0n) is 13.7. The molecule has 1 aromatic heterocycles. The van der Waals surface area contributed by atoms with Gasteiger partial charge in [-0.25, -0.2) is 0 Å². The number of benzene rings is 1. The molecule has 0 saturated heterocycles. The minimum atomic E-state index is 0.200. The number of rotatable bonds is 5. The Hall–Kier alpha value is -2.30. The fourth-order valence-electron chi connectivity index (χ4n) is 2.39. The molecule has 2 rings (SSSR count). The molecule has 0 saturated carbocycles. The van der Waals surface area contributed by atoms with Crippen molar-refractivity contribution in [1.29, 1.82) is 0 Å². The normalized spacial score (nSPS) is 13.0. The average Bonchev–Trinajstić information content (AvgIpc) is 2.86. The summed E-state index contributed by atoms with van der Waals surface area (Å²) >= 11 is 0. The highest BCUT2D eigenvalue weighted by molar-refractivity contribution is 5.80. The topological polar surface area (TPSA) is 62.5 Å². The lowest BCUT2D eigenvalue weighted by Crippen LogP contribution is -2.39. The van der Waals surface area contributed by atoms with E-state index >= 15 is 0 Å². The van der Waals surface area contributed by atoms with E-state index in [4.69, 9.17) is 4.52 Å². The Labute approximate surface area is 131 Å². The van der Waals surface area contributed by atoms with E-state index in [0.29, 0.717) is 0 Å². The van der Waals surface area contributed by atoms with E-state index in [0.717, 1.165) is 30.4 Å². The lowest BCUT2D eigenvalue weighted by molar-refractivity contribution is 0.392. The minimum absolute atomic E-state index is 0.200. The molecular formula is C17H24N4O. The number of guanidine groups is 1. The second kappa shape index (κ2) is 7.64. The van der Waals surface area contributed by atoms with E-state index in [9.17, 15) is 0 Å². The van der Waals surface area contributed by atoms with Crippen molar-refractivity contribution in [2.45, 2.75) is 33.2 Å². The van der Waals surface area contributed by atoms with Crippen LogP contribution in [0.3, 0.4) is 0 Å². The lowest BCUT2D eigenvalue weighted by Gasteiger charge is -2.18. The monoisotopic (exact) mass is 300 g/mol. The summed E-state index contributed by atoms with van der Waals surface area (Å²) in [5.74, 6) is 1.68. The Morgan fingerprint density at radius 1 is 1.27 bits per heavy atom. The maximum absolute atomic E-state index is 5.18. The summed E-state index contributed by atoms with van der Waals surface area (Å²) in [6.07, 6.45) is 0.863. The van der Waals surface area contributed by atoms with Crippen LogP contribution in [-0.4, -0.2) is 24.7 Å². The molecule has 0 aliphatic heterocycles. The van der Waals surface area contributed by atoms with Gasteiger partial charge in [-0.05, 0) is 32.8 Å². The summed E-state index contributed by atoms with van der Waals surface area (Å²) in [7, 11) is 1.78. The van der Waals surface area contributed by atoms with Gasteiger partial charge in [0, 0.05) is 19.2 Å². The van der Waals surface area contributed by atoms with Crippen molar-refractivity contribution in [3.05, 3.63) is 52.9 Å². The van der Waals surface area contributed by atoms with Crippen molar-refractivity contribution in [2.75, 3.05) is 13.6 Å². The highest BCUT2D eigenvalue weighted by atomic mass is 16.5. The quantitative estimate of drug-likeness (QED) is 0.658. The maximum atomic E-state index is 5.18. The molecule has 22 heavy (non-hydrogen) atoms. The molecule has 0 aliphatic rings. The summed E-state index contributed by atoms with van der Waals surface area (Å²) in [5.41, 5.74) is 3.36. The van der Waals surface area contributed by atoms with Gasteiger partial charge in [-0.2, -0.15) is 0 Å². The van der Waals surface area contributed by atoms with Crippen LogP contribution in [0.2, 0.25) is 0 Å². The number of hydrogen-bond donors (Lipinski definition) is 2. The smallest absolute Gasteiger partial charge is 0.191 e. The number of hydrogen-bond acceptors (Lipinski definition) is 3. The zero-order valence-corrected chi connectivity index (χ0v) is 13.7. The molecule has 1 unspecified atom stereocenters. The van der Waals surface area contributed by atoms with Gasteiger partial charge in [0.05, 0.1) is 11.7 Å². The summed E-state index contributed by atoms with van der Waals surface area (Å²) < 4.78 is 5.18. The van der Waals surface area contributed by atoms with Gasteiger partial charge in [-0.3, -0.25) is 4.99 Å². The molecule has 1 aromatic carbocycles. The van der Waals surface area contributed by atoms with Crippen molar-refractivity contribution in [1.82, 2.24) is 15.8 Å². The number of nitrogens with zero attached hydrogens (tertiary/aromatic N) is 2. The molecule has 0 radical (unpaired) electrons. The Morgan fingerprint density at radius 3 is 2.59 bits per heavy atom. The third-order valence-corrected chi connectivity index (χ3v) is 3.73. The zero-order chi connectivity index (χ0) is 15.9. The van der Waals surface area contributed by atoms with Crippen LogP contribution in [0.5, 0.6) is 0 Å². The van der Waals surface area contributed by atoms with Crippen molar-refractivity contribution < 1.29 is 4.52 Å². The molecule has 1 atom stereocenters. The van der Waals surface area contributed by atoms with Crippen molar-refractivity contribution in [3.8, 4) is 0 Å². The van der Waals surface area contributed by atoms with Crippen molar-refractivity contribution in [3.63, 3.8) is 0 Å². The van der Waals surface area contributed by atoms with Crippen LogP contribution in [0.4, 0.5) is 0 Å². The van der Waals surface area contributed by atoms with Crippen molar-refractivity contribution >= 4 is 5.96 Å². The van der Waals surface area contributed by atoms with E-state index < -0.39 is 0 Å². The molecule has 2 aromatic rings. The van der Waals surface area contributed by atoms with Gasteiger partial charge in [0.2, 0.25) is 0 Å². The molecular weight excluding hydrogens is 276 g/mol. The number of aryl methyl sites for hydroxylation is 2. The maximum Gasteiger partial charge on any atom is 0.191 e. The molecule has 5 heteroatoms. The standard InChI is InChI=1S/C17H24N4O/c1-12(15-8-6-5-7-9-15)20-17(18-4)19-11-10-16-13(2)21-22-14(16)3/h5-9,12H,10-11H2,1-4H3,(H2,18,19,20). The highest BCUT2D eigenvalue weighted by Crippen LogP contribution is 2.12. The van der Waals surface area contributed by atoms with E-state index in [1.165, 1.54) is 11.1 Å². The van der Waals surface area contributed by atoms with Gasteiger partial charge >= 0.3 is 0 Å². The average molecular weight is 300 g/mol. The molecule has 1 heterocycles. The first-order valence-corrected chi connectivity index (χ1v) is 7.55. The van der Waals surface area contributed by atoms with Crippen LogP contribution >= 0.6 is 0 Å². The second-order valence-corrected chi connectivity index (χ2v) is 5.33. The Kier molecular flexibility index (Phi) is 5.58. The van der Waals surface area contributed by atoms with Gasteiger partial charge in [0.1, 0.15) is 5.76 Å². The number of nitrogens with one attached hydrogen (secondary N) is 2. The lowest BCUT2D eigenvalue weighted by atomic mass is 10.1. The van der Waals surface area contributed by atoms with E-state index in [-0.39, 0.29) is 6.04 Å². The summed E-state index contributed by atoms with van der Waals surface area (Å²) in [4.78, 5) is 4.27. The van der Waals surface area contributed by atoms with Gasteiger partial charge in [-0.15, -0.1) is 0 Å². The van der Waals surface area contributed by atoms with E-state index in [1.807, 2.05) is 32.0 Å². The van der Waals surface area contributed by atoms with Crippen LogP contribution in [0.15, 0.2) is 39.8 Å². The predicted molar refractivity (Wildman–Crippen MR) is 89.0 cm³/mol. The fourth-order valence-corrected chi connectivity index (χ4v) is 2.39. The first kappa shape index (κ1) is 16.1. The Bertz CT molecular complexity index is 599. The molecule has 5 nitrogen and oxygen atoms in total. The number of aromatic nitrogens is 1. The first-order chi connectivity index (χ1) is 10.6. The summed E-state index contributed by atoms with van der Waals surface area (Å²) in [5, 5.41) is 10.7. The third kappa shape index (κ3) is 4.10. The molecule has 0 fully saturated rings. The minimum Gasteiger partial charge on any atom is -0.361 e. The molecule has 0 spiro atoms. The molecule has 0 amide bonds. The van der Waals surface area contributed by atoms with Crippen LogP contribution < -0.4 is 10.6 Å². The third-order valence-electron chi connectivity index (χ3n) is 3.73. The van der Waals surface area contributed by atoms with E-state index in [2.05, 4.69) is 39.8 Å². The predicted octanol–water partition coefficient (Wildman–Crippen LogP) is 2.76. The van der Waals surface area contributed by atoms with Gasteiger partial charge < -0.3 is 15.2 Å².